The lowest BCUT2D eigenvalue weighted by atomic mass is 9.77. The van der Waals surface area contributed by atoms with E-state index in [-0.39, 0.29) is 0 Å². The molecule has 0 spiro atoms. The van der Waals surface area contributed by atoms with E-state index in [0.717, 1.165) is 23.5 Å². The SMILES string of the molecule is CCC[C@@H]1CCc2c(C)c(O)c(C)c(C)c2C1. The third-order valence-corrected chi connectivity index (χ3v) is 4.53. The maximum atomic E-state index is 10.1. The van der Waals surface area contributed by atoms with Crippen molar-refractivity contribution < 1.29 is 5.11 Å². The van der Waals surface area contributed by atoms with Gasteiger partial charge in [0, 0.05) is 0 Å². The molecule has 1 aromatic rings. The summed E-state index contributed by atoms with van der Waals surface area (Å²) in [7, 11) is 0. The molecule has 0 aliphatic heterocycles. The number of hydrogen-bond donors (Lipinski definition) is 1. The predicted octanol–water partition coefficient (Wildman–Crippen LogP) is 4.22. The van der Waals surface area contributed by atoms with Gasteiger partial charge in [-0.15, -0.1) is 0 Å². The quantitative estimate of drug-likeness (QED) is 0.809. The van der Waals surface area contributed by atoms with Gasteiger partial charge in [0.2, 0.25) is 0 Å². The normalized spacial score (nSPS) is 19.2. The van der Waals surface area contributed by atoms with Gasteiger partial charge in [-0.05, 0) is 73.8 Å². The topological polar surface area (TPSA) is 20.2 Å². The van der Waals surface area contributed by atoms with E-state index in [1.54, 1.807) is 0 Å². The van der Waals surface area contributed by atoms with Gasteiger partial charge in [0.1, 0.15) is 5.75 Å². The second-order valence-electron chi connectivity index (χ2n) is 5.58. The van der Waals surface area contributed by atoms with Gasteiger partial charge in [-0.1, -0.05) is 19.8 Å². The molecule has 0 fully saturated rings. The molecule has 1 aromatic carbocycles. The first-order valence-electron chi connectivity index (χ1n) is 6.86. The van der Waals surface area contributed by atoms with Crippen molar-refractivity contribution in [3.63, 3.8) is 0 Å². The van der Waals surface area contributed by atoms with Gasteiger partial charge in [-0.3, -0.25) is 0 Å². The molecule has 0 radical (unpaired) electrons. The van der Waals surface area contributed by atoms with Crippen LogP contribution in [-0.4, -0.2) is 5.11 Å². The van der Waals surface area contributed by atoms with Gasteiger partial charge in [0.15, 0.2) is 0 Å². The van der Waals surface area contributed by atoms with Gasteiger partial charge in [0.05, 0.1) is 0 Å². The molecule has 0 aromatic heterocycles. The van der Waals surface area contributed by atoms with Crippen molar-refractivity contribution in [2.24, 2.45) is 5.92 Å². The van der Waals surface area contributed by atoms with Crippen LogP contribution in [0.5, 0.6) is 5.75 Å². The second kappa shape index (κ2) is 4.72. The lowest BCUT2D eigenvalue weighted by Crippen LogP contribution is -2.17. The maximum Gasteiger partial charge on any atom is 0.121 e. The summed E-state index contributed by atoms with van der Waals surface area (Å²) in [5.74, 6) is 1.38. The molecule has 0 saturated carbocycles. The van der Waals surface area contributed by atoms with Crippen molar-refractivity contribution in [3.05, 3.63) is 27.8 Å². The van der Waals surface area contributed by atoms with Crippen LogP contribution in [0.4, 0.5) is 0 Å². The highest BCUT2D eigenvalue weighted by Gasteiger charge is 2.23. The molecule has 0 amide bonds. The summed E-state index contributed by atoms with van der Waals surface area (Å²) in [5, 5.41) is 10.1. The van der Waals surface area contributed by atoms with Crippen LogP contribution in [0.25, 0.3) is 0 Å². The summed E-state index contributed by atoms with van der Waals surface area (Å²) in [4.78, 5) is 0. The van der Waals surface area contributed by atoms with Crippen molar-refractivity contribution in [1.29, 1.82) is 0 Å². The summed E-state index contributed by atoms with van der Waals surface area (Å²) in [6.07, 6.45) is 6.30. The highest BCUT2D eigenvalue weighted by atomic mass is 16.3. The lowest BCUT2D eigenvalue weighted by molar-refractivity contribution is 0.415. The predicted molar refractivity (Wildman–Crippen MR) is 72.7 cm³/mol. The highest BCUT2D eigenvalue weighted by molar-refractivity contribution is 5.54. The number of fused-ring (bicyclic) bond motifs is 1. The third-order valence-electron chi connectivity index (χ3n) is 4.53. The van der Waals surface area contributed by atoms with Crippen molar-refractivity contribution in [1.82, 2.24) is 0 Å². The smallest absolute Gasteiger partial charge is 0.121 e. The molecule has 1 nitrogen and oxygen atoms in total. The van der Waals surface area contributed by atoms with Crippen molar-refractivity contribution in [2.75, 3.05) is 0 Å². The van der Waals surface area contributed by atoms with Crippen LogP contribution in [-0.2, 0) is 12.8 Å². The lowest BCUT2D eigenvalue weighted by Gasteiger charge is -2.29. The Morgan fingerprint density at radius 3 is 2.41 bits per heavy atom. The van der Waals surface area contributed by atoms with Crippen molar-refractivity contribution in [3.8, 4) is 5.75 Å². The van der Waals surface area contributed by atoms with Crippen LogP contribution in [0, 0.1) is 26.7 Å². The summed E-state index contributed by atoms with van der Waals surface area (Å²) in [5.41, 5.74) is 6.49. The summed E-state index contributed by atoms with van der Waals surface area (Å²) < 4.78 is 0. The number of rotatable bonds is 2. The molecule has 0 bridgehead atoms. The molecule has 17 heavy (non-hydrogen) atoms. The summed E-state index contributed by atoms with van der Waals surface area (Å²) in [6, 6.07) is 0. The van der Waals surface area contributed by atoms with E-state index in [9.17, 15) is 5.11 Å². The minimum Gasteiger partial charge on any atom is -0.507 e. The Labute approximate surface area is 105 Å². The standard InChI is InChI=1S/C16H24O/c1-5-6-13-7-8-14-12(4)16(17)11(3)10(2)15(14)9-13/h13,17H,5-9H2,1-4H3/t13-/m1/s1. The first-order valence-corrected chi connectivity index (χ1v) is 6.86. The number of benzene rings is 1. The van der Waals surface area contributed by atoms with E-state index in [1.807, 2.05) is 6.92 Å². The highest BCUT2D eigenvalue weighted by Crippen LogP contribution is 2.38. The van der Waals surface area contributed by atoms with Gasteiger partial charge < -0.3 is 5.11 Å². The van der Waals surface area contributed by atoms with Crippen LogP contribution in [0.3, 0.4) is 0 Å². The Morgan fingerprint density at radius 1 is 1.06 bits per heavy atom. The molecule has 1 aliphatic carbocycles. The maximum absolute atomic E-state index is 10.1. The minimum atomic E-state index is 0.523. The molecular formula is C16H24O. The molecule has 1 heteroatoms. The Morgan fingerprint density at radius 2 is 1.76 bits per heavy atom. The Hall–Kier alpha value is -0.980. The second-order valence-corrected chi connectivity index (χ2v) is 5.58. The van der Waals surface area contributed by atoms with E-state index >= 15 is 0 Å². The van der Waals surface area contributed by atoms with Gasteiger partial charge >= 0.3 is 0 Å². The van der Waals surface area contributed by atoms with Gasteiger partial charge in [0.25, 0.3) is 0 Å². The van der Waals surface area contributed by atoms with E-state index in [2.05, 4.69) is 20.8 Å². The number of aromatic hydroxyl groups is 1. The third kappa shape index (κ3) is 2.08. The van der Waals surface area contributed by atoms with Crippen LogP contribution in [0.1, 0.15) is 54.0 Å². The van der Waals surface area contributed by atoms with E-state index in [0.29, 0.717) is 5.75 Å². The van der Waals surface area contributed by atoms with Crippen molar-refractivity contribution in [2.45, 2.75) is 59.8 Å². The Balaban J connectivity index is 2.44. The van der Waals surface area contributed by atoms with Crippen LogP contribution in [0.15, 0.2) is 0 Å². The molecule has 1 atom stereocenters. The fraction of sp³-hybridized carbons (Fsp3) is 0.625. The Bertz CT molecular complexity index is 432. The molecule has 2 rings (SSSR count). The van der Waals surface area contributed by atoms with Gasteiger partial charge in [-0.2, -0.15) is 0 Å². The fourth-order valence-corrected chi connectivity index (χ4v) is 3.29. The van der Waals surface area contributed by atoms with E-state index in [4.69, 9.17) is 0 Å². The molecular weight excluding hydrogens is 208 g/mol. The molecule has 0 heterocycles. The molecule has 0 unspecified atom stereocenters. The molecule has 94 valence electrons. The largest absolute Gasteiger partial charge is 0.507 e. The van der Waals surface area contributed by atoms with Crippen LogP contribution in [0.2, 0.25) is 0 Å². The molecule has 1 aliphatic rings. The number of phenols is 1. The van der Waals surface area contributed by atoms with Crippen molar-refractivity contribution >= 4 is 0 Å². The zero-order valence-corrected chi connectivity index (χ0v) is 11.6. The first kappa shape index (κ1) is 12.5. The van der Waals surface area contributed by atoms with Crippen LogP contribution >= 0.6 is 0 Å². The summed E-state index contributed by atoms with van der Waals surface area (Å²) in [6.45, 7) is 8.56. The minimum absolute atomic E-state index is 0.523. The fourth-order valence-electron chi connectivity index (χ4n) is 3.29. The molecule has 1 N–H and O–H groups in total. The average Bonchev–Trinajstić information content (AvgIpc) is 2.34. The average molecular weight is 232 g/mol. The number of hydrogen-bond acceptors (Lipinski definition) is 1. The molecule has 0 saturated heterocycles. The monoisotopic (exact) mass is 232 g/mol. The zero-order chi connectivity index (χ0) is 12.6. The van der Waals surface area contributed by atoms with E-state index in [1.165, 1.54) is 42.4 Å². The number of phenolic OH excluding ortho intramolecular Hbond substituents is 1. The van der Waals surface area contributed by atoms with Crippen LogP contribution < -0.4 is 0 Å². The first-order chi connectivity index (χ1) is 8.06. The van der Waals surface area contributed by atoms with Gasteiger partial charge in [-0.25, -0.2) is 0 Å². The zero-order valence-electron chi connectivity index (χ0n) is 11.6. The Kier molecular flexibility index (Phi) is 3.46. The summed E-state index contributed by atoms with van der Waals surface area (Å²) >= 11 is 0. The van der Waals surface area contributed by atoms with E-state index < -0.39 is 0 Å².